The van der Waals surface area contributed by atoms with Gasteiger partial charge in [0.25, 0.3) is 0 Å². The predicted molar refractivity (Wildman–Crippen MR) is 66.3 cm³/mol. The van der Waals surface area contributed by atoms with Gasteiger partial charge in [-0.3, -0.25) is 0 Å². The number of aryl methyl sites for hydroxylation is 2. The lowest BCUT2D eigenvalue weighted by molar-refractivity contribution is 0.413. The molecule has 0 spiro atoms. The Morgan fingerprint density at radius 2 is 2.07 bits per heavy atom. The van der Waals surface area contributed by atoms with Crippen molar-refractivity contribution in [3.8, 4) is 5.75 Å². The summed E-state index contributed by atoms with van der Waals surface area (Å²) in [5.41, 5.74) is 3.45. The van der Waals surface area contributed by atoms with Gasteiger partial charge in [0.1, 0.15) is 5.75 Å². The monoisotopic (exact) mass is 227 g/mol. The number of benzene rings is 1. The summed E-state index contributed by atoms with van der Waals surface area (Å²) in [4.78, 5) is 0. The van der Waals surface area contributed by atoms with E-state index in [1.807, 2.05) is 0 Å². The van der Waals surface area contributed by atoms with Gasteiger partial charge in [0.05, 0.1) is 12.8 Å². The highest BCUT2D eigenvalue weighted by molar-refractivity contribution is 6.17. The van der Waals surface area contributed by atoms with Crippen LogP contribution in [0.25, 0.3) is 0 Å². The second-order valence-electron chi connectivity index (χ2n) is 3.63. The summed E-state index contributed by atoms with van der Waals surface area (Å²) in [6.07, 6.45) is 0.956. The minimum atomic E-state index is 0.681. The lowest BCUT2D eigenvalue weighted by atomic mass is 10.1. The van der Waals surface area contributed by atoms with Crippen molar-refractivity contribution in [2.75, 3.05) is 24.9 Å². The number of anilines is 1. The number of hydrogen-bond donors (Lipinski definition) is 1. The molecular formula is C12H18ClNO. The molecular weight excluding hydrogens is 210 g/mol. The molecule has 0 unspecified atom stereocenters. The first-order valence-electron chi connectivity index (χ1n) is 5.14. The van der Waals surface area contributed by atoms with Crippen molar-refractivity contribution in [3.05, 3.63) is 23.3 Å². The molecule has 1 aromatic rings. The molecule has 1 N–H and O–H groups in total. The topological polar surface area (TPSA) is 21.3 Å². The highest BCUT2D eigenvalue weighted by Crippen LogP contribution is 2.29. The van der Waals surface area contributed by atoms with Crippen LogP contribution in [0.4, 0.5) is 5.69 Å². The van der Waals surface area contributed by atoms with Gasteiger partial charge in [-0.15, -0.1) is 11.6 Å². The predicted octanol–water partition coefficient (Wildman–Crippen LogP) is 3.35. The van der Waals surface area contributed by atoms with Gasteiger partial charge >= 0.3 is 0 Å². The lowest BCUT2D eigenvalue weighted by Crippen LogP contribution is -2.04. The van der Waals surface area contributed by atoms with Crippen molar-refractivity contribution in [1.82, 2.24) is 0 Å². The van der Waals surface area contributed by atoms with Crippen LogP contribution in [0.1, 0.15) is 17.5 Å². The average molecular weight is 228 g/mol. The van der Waals surface area contributed by atoms with Crippen molar-refractivity contribution in [2.45, 2.75) is 20.3 Å². The van der Waals surface area contributed by atoms with Gasteiger partial charge in [0.2, 0.25) is 0 Å². The van der Waals surface area contributed by atoms with E-state index in [4.69, 9.17) is 16.3 Å². The molecule has 0 fully saturated rings. The number of nitrogens with one attached hydrogen (secondary N) is 1. The van der Waals surface area contributed by atoms with Gasteiger partial charge in [0, 0.05) is 12.4 Å². The third kappa shape index (κ3) is 3.31. The van der Waals surface area contributed by atoms with Crippen LogP contribution in [0.2, 0.25) is 0 Å². The van der Waals surface area contributed by atoms with E-state index in [2.05, 4.69) is 31.3 Å². The molecule has 0 aromatic heterocycles. The van der Waals surface area contributed by atoms with Gasteiger partial charge in [-0.05, 0) is 37.5 Å². The summed E-state index contributed by atoms with van der Waals surface area (Å²) in [5, 5.41) is 3.34. The molecule has 1 aromatic carbocycles. The number of alkyl halides is 1. The van der Waals surface area contributed by atoms with E-state index in [1.54, 1.807) is 7.11 Å². The number of ether oxygens (including phenoxy) is 1. The Balaban J connectivity index is 2.84. The molecule has 1 rings (SSSR count). The van der Waals surface area contributed by atoms with Gasteiger partial charge in [0.15, 0.2) is 0 Å². The summed E-state index contributed by atoms with van der Waals surface area (Å²) in [5.74, 6) is 1.61. The Morgan fingerprint density at radius 1 is 1.33 bits per heavy atom. The van der Waals surface area contributed by atoms with Crippen LogP contribution in [-0.4, -0.2) is 19.5 Å². The quantitative estimate of drug-likeness (QED) is 0.615. The Kier molecular flexibility index (Phi) is 4.76. The Morgan fingerprint density at radius 3 is 2.67 bits per heavy atom. The molecule has 2 nitrogen and oxygen atoms in total. The molecule has 15 heavy (non-hydrogen) atoms. The number of hydrogen-bond acceptors (Lipinski definition) is 2. The minimum absolute atomic E-state index is 0.681. The molecule has 0 aliphatic rings. The van der Waals surface area contributed by atoms with Crippen LogP contribution in [0.15, 0.2) is 12.1 Å². The molecule has 0 atom stereocenters. The Bertz CT molecular complexity index is 326. The summed E-state index contributed by atoms with van der Waals surface area (Å²) >= 11 is 5.63. The van der Waals surface area contributed by atoms with Crippen LogP contribution in [0.3, 0.4) is 0 Å². The minimum Gasteiger partial charge on any atom is -0.494 e. The molecule has 84 valence electrons. The summed E-state index contributed by atoms with van der Waals surface area (Å²) in [6.45, 7) is 5.01. The fraction of sp³-hybridized carbons (Fsp3) is 0.500. The van der Waals surface area contributed by atoms with E-state index in [-0.39, 0.29) is 0 Å². The van der Waals surface area contributed by atoms with Crippen LogP contribution in [-0.2, 0) is 0 Å². The third-order valence-corrected chi connectivity index (χ3v) is 2.52. The first kappa shape index (κ1) is 12.2. The maximum atomic E-state index is 5.63. The van der Waals surface area contributed by atoms with Crippen LogP contribution in [0, 0.1) is 13.8 Å². The molecule has 0 bridgehead atoms. The first-order chi connectivity index (χ1) is 7.19. The smallest absolute Gasteiger partial charge is 0.144 e. The number of methoxy groups -OCH3 is 1. The van der Waals surface area contributed by atoms with E-state index < -0.39 is 0 Å². The molecule has 0 amide bonds. The van der Waals surface area contributed by atoms with E-state index in [0.717, 1.165) is 30.0 Å². The summed E-state index contributed by atoms with van der Waals surface area (Å²) in [7, 11) is 1.70. The van der Waals surface area contributed by atoms with E-state index in [1.165, 1.54) is 5.56 Å². The number of rotatable bonds is 5. The van der Waals surface area contributed by atoms with E-state index in [0.29, 0.717) is 5.88 Å². The van der Waals surface area contributed by atoms with E-state index >= 15 is 0 Å². The normalized spacial score (nSPS) is 10.1. The molecule has 0 saturated heterocycles. The fourth-order valence-corrected chi connectivity index (χ4v) is 1.78. The van der Waals surface area contributed by atoms with Crippen LogP contribution in [0.5, 0.6) is 5.75 Å². The Labute approximate surface area is 96.6 Å². The molecule has 0 saturated carbocycles. The largest absolute Gasteiger partial charge is 0.494 e. The SMILES string of the molecule is COc1c(C)cc(C)cc1NCCCCl. The van der Waals surface area contributed by atoms with Crippen molar-refractivity contribution in [3.63, 3.8) is 0 Å². The molecule has 0 aliphatic carbocycles. The molecule has 0 heterocycles. The molecule has 0 aliphatic heterocycles. The second kappa shape index (κ2) is 5.86. The zero-order valence-corrected chi connectivity index (χ0v) is 10.3. The maximum Gasteiger partial charge on any atom is 0.144 e. The summed E-state index contributed by atoms with van der Waals surface area (Å²) in [6, 6.07) is 4.21. The van der Waals surface area contributed by atoms with E-state index in [9.17, 15) is 0 Å². The van der Waals surface area contributed by atoms with Crippen molar-refractivity contribution >= 4 is 17.3 Å². The molecule has 0 radical (unpaired) electrons. The highest BCUT2D eigenvalue weighted by atomic mass is 35.5. The van der Waals surface area contributed by atoms with Crippen molar-refractivity contribution < 1.29 is 4.74 Å². The zero-order chi connectivity index (χ0) is 11.3. The van der Waals surface area contributed by atoms with Crippen molar-refractivity contribution in [1.29, 1.82) is 0 Å². The highest BCUT2D eigenvalue weighted by Gasteiger charge is 2.06. The number of halogens is 1. The van der Waals surface area contributed by atoms with Crippen molar-refractivity contribution in [2.24, 2.45) is 0 Å². The van der Waals surface area contributed by atoms with Crippen LogP contribution >= 0.6 is 11.6 Å². The van der Waals surface area contributed by atoms with Crippen LogP contribution < -0.4 is 10.1 Å². The maximum absolute atomic E-state index is 5.63. The lowest BCUT2D eigenvalue weighted by Gasteiger charge is -2.14. The second-order valence-corrected chi connectivity index (χ2v) is 4.01. The first-order valence-corrected chi connectivity index (χ1v) is 5.67. The van der Waals surface area contributed by atoms with Gasteiger partial charge in [-0.1, -0.05) is 6.07 Å². The van der Waals surface area contributed by atoms with Gasteiger partial charge in [-0.2, -0.15) is 0 Å². The molecule has 3 heteroatoms. The third-order valence-electron chi connectivity index (χ3n) is 2.25. The summed E-state index contributed by atoms with van der Waals surface area (Å²) < 4.78 is 5.37. The zero-order valence-electron chi connectivity index (χ0n) is 9.56. The van der Waals surface area contributed by atoms with Gasteiger partial charge < -0.3 is 10.1 Å². The standard InChI is InChI=1S/C12H18ClNO/c1-9-7-10(2)12(15-3)11(8-9)14-6-4-5-13/h7-8,14H,4-6H2,1-3H3. The van der Waals surface area contributed by atoms with Gasteiger partial charge in [-0.25, -0.2) is 0 Å². The average Bonchev–Trinajstić information content (AvgIpc) is 2.17. The Hall–Kier alpha value is -0.890. The fourth-order valence-electron chi connectivity index (χ4n) is 1.65.